The van der Waals surface area contributed by atoms with E-state index < -0.39 is 0 Å². The quantitative estimate of drug-likeness (QED) is 0.155. The van der Waals surface area contributed by atoms with Crippen LogP contribution in [-0.4, -0.2) is 10.5 Å². The minimum Gasteiger partial charge on any atom is -0.365 e. The third-order valence-corrected chi connectivity index (χ3v) is 9.95. The molecule has 0 radical (unpaired) electrons. The Balaban J connectivity index is 1.53. The zero-order valence-corrected chi connectivity index (χ0v) is 26.5. The summed E-state index contributed by atoms with van der Waals surface area (Å²) >= 11 is 0. The maximum absolute atomic E-state index is 5.50. The fourth-order valence-corrected chi connectivity index (χ4v) is 7.65. The molecule has 0 aliphatic rings. The van der Waals surface area contributed by atoms with Gasteiger partial charge in [0.2, 0.25) is 0 Å². The summed E-state index contributed by atoms with van der Waals surface area (Å²) in [5.74, 6) is 1.01. The molecule has 1 N–H and O–H groups in total. The third kappa shape index (κ3) is 4.95. The fourth-order valence-electron chi connectivity index (χ4n) is 7.65. The molecule has 0 atom stereocenters. The van der Waals surface area contributed by atoms with Crippen molar-refractivity contribution in [3.8, 4) is 0 Å². The summed E-state index contributed by atoms with van der Waals surface area (Å²) in [6.07, 6.45) is 11.0. The van der Waals surface area contributed by atoms with Gasteiger partial charge in [0.1, 0.15) is 5.82 Å². The van der Waals surface area contributed by atoms with Crippen molar-refractivity contribution in [3.63, 3.8) is 0 Å². The first kappa shape index (κ1) is 28.6. The standard InChI is InChI=1S/C42H44N2/c1-4-7-26-42(27-8-5-2,28-9-6-3)44-37-25-23-31-21-20-30-19-18-29-22-24-36-34-16-11-10-14-32(34)33-15-12-13-17-35(33)40(36)38(29)39(30)41(31)43-37/h10-25H,4-9,26-28H2,1-3H3,(H,43,44). The van der Waals surface area contributed by atoms with Gasteiger partial charge in [-0.25, -0.2) is 4.98 Å². The molecule has 0 unspecified atom stereocenters. The SMILES string of the molecule is CCCCC(CCCC)(CCCC)Nc1ccc2ccc3ccc4ccc5c6ccccc6c6ccccc6c5c4c3c2n1. The van der Waals surface area contributed by atoms with Gasteiger partial charge in [-0.3, -0.25) is 0 Å². The van der Waals surface area contributed by atoms with E-state index in [2.05, 4.69) is 123 Å². The van der Waals surface area contributed by atoms with E-state index in [-0.39, 0.29) is 5.54 Å². The maximum atomic E-state index is 5.50. The molecule has 0 bridgehead atoms. The highest BCUT2D eigenvalue weighted by atomic mass is 15.1. The lowest BCUT2D eigenvalue weighted by atomic mass is 9.82. The number of hydrogen-bond donors (Lipinski definition) is 1. The number of benzene rings is 6. The monoisotopic (exact) mass is 576 g/mol. The normalized spacial score (nSPS) is 12.3. The largest absolute Gasteiger partial charge is 0.365 e. The number of fused-ring (bicyclic) bond motifs is 12. The van der Waals surface area contributed by atoms with Gasteiger partial charge in [0.05, 0.1) is 5.52 Å². The van der Waals surface area contributed by atoms with Crippen LogP contribution in [0.25, 0.3) is 64.8 Å². The molecule has 44 heavy (non-hydrogen) atoms. The highest BCUT2D eigenvalue weighted by Gasteiger charge is 2.29. The second-order valence-corrected chi connectivity index (χ2v) is 12.9. The fraction of sp³-hybridized carbons (Fsp3) is 0.310. The summed E-state index contributed by atoms with van der Waals surface area (Å²) < 4.78 is 0. The Labute approximate surface area is 261 Å². The molecule has 1 heterocycles. The second-order valence-electron chi connectivity index (χ2n) is 12.9. The molecule has 1 aromatic heterocycles. The van der Waals surface area contributed by atoms with Crippen molar-refractivity contribution in [1.29, 1.82) is 0 Å². The zero-order valence-electron chi connectivity index (χ0n) is 26.5. The Morgan fingerprint density at radius 3 is 1.52 bits per heavy atom. The second kappa shape index (κ2) is 12.1. The number of unbranched alkanes of at least 4 members (excludes halogenated alkanes) is 3. The Bertz CT molecular complexity index is 2060. The molecular weight excluding hydrogens is 532 g/mol. The summed E-state index contributed by atoms with van der Waals surface area (Å²) in [6.45, 7) is 6.94. The number of nitrogens with one attached hydrogen (secondary N) is 1. The summed E-state index contributed by atoms with van der Waals surface area (Å²) in [6, 6.07) is 36.0. The van der Waals surface area contributed by atoms with E-state index >= 15 is 0 Å². The van der Waals surface area contributed by atoms with Gasteiger partial charge in [-0.1, -0.05) is 144 Å². The Hall–Kier alpha value is -4.17. The summed E-state index contributed by atoms with van der Waals surface area (Å²) in [5, 5.41) is 18.2. The summed E-state index contributed by atoms with van der Waals surface area (Å²) in [4.78, 5) is 5.50. The van der Waals surface area contributed by atoms with E-state index in [0.29, 0.717) is 0 Å². The van der Waals surface area contributed by atoms with Gasteiger partial charge in [0.15, 0.2) is 0 Å². The number of hydrogen-bond acceptors (Lipinski definition) is 2. The van der Waals surface area contributed by atoms with Crippen LogP contribution in [0.4, 0.5) is 5.82 Å². The first-order valence-corrected chi connectivity index (χ1v) is 16.9. The van der Waals surface area contributed by atoms with Gasteiger partial charge in [-0.15, -0.1) is 0 Å². The minimum absolute atomic E-state index is 0.0944. The highest BCUT2D eigenvalue weighted by Crippen LogP contribution is 2.43. The van der Waals surface area contributed by atoms with E-state index in [4.69, 9.17) is 4.98 Å². The van der Waals surface area contributed by atoms with E-state index in [1.807, 2.05) is 0 Å². The van der Waals surface area contributed by atoms with Crippen molar-refractivity contribution in [2.75, 3.05) is 5.32 Å². The van der Waals surface area contributed by atoms with Crippen LogP contribution in [0.3, 0.4) is 0 Å². The van der Waals surface area contributed by atoms with Gasteiger partial charge in [-0.05, 0) is 74.5 Å². The Kier molecular flexibility index (Phi) is 7.85. The van der Waals surface area contributed by atoms with Gasteiger partial charge < -0.3 is 5.32 Å². The van der Waals surface area contributed by atoms with Gasteiger partial charge in [-0.2, -0.15) is 0 Å². The van der Waals surface area contributed by atoms with Crippen molar-refractivity contribution in [2.45, 2.75) is 84.1 Å². The lowest BCUT2D eigenvalue weighted by molar-refractivity contribution is 0.341. The van der Waals surface area contributed by atoms with Gasteiger partial charge >= 0.3 is 0 Å². The molecule has 0 aliphatic heterocycles. The molecule has 222 valence electrons. The van der Waals surface area contributed by atoms with Crippen molar-refractivity contribution in [2.24, 2.45) is 0 Å². The minimum atomic E-state index is 0.0944. The molecule has 0 saturated heterocycles. The molecule has 0 saturated carbocycles. The van der Waals surface area contributed by atoms with Crippen molar-refractivity contribution < 1.29 is 0 Å². The molecule has 0 fully saturated rings. The lowest BCUT2D eigenvalue weighted by Crippen LogP contribution is -2.38. The Morgan fingerprint density at radius 1 is 0.477 bits per heavy atom. The number of nitrogens with zero attached hydrogens (tertiary/aromatic N) is 1. The van der Waals surface area contributed by atoms with Crippen LogP contribution in [-0.2, 0) is 0 Å². The molecule has 0 aliphatic carbocycles. The van der Waals surface area contributed by atoms with Crippen molar-refractivity contribution in [1.82, 2.24) is 4.98 Å². The molecule has 6 aromatic carbocycles. The summed E-state index contributed by atoms with van der Waals surface area (Å²) in [7, 11) is 0. The first-order chi connectivity index (χ1) is 21.7. The molecular formula is C42H44N2. The van der Waals surface area contributed by atoms with Gasteiger partial charge in [0.25, 0.3) is 0 Å². The van der Waals surface area contributed by atoms with E-state index in [1.165, 1.54) is 117 Å². The van der Waals surface area contributed by atoms with Crippen LogP contribution in [0.15, 0.2) is 97.1 Å². The maximum Gasteiger partial charge on any atom is 0.127 e. The van der Waals surface area contributed by atoms with E-state index in [9.17, 15) is 0 Å². The molecule has 0 amide bonds. The molecule has 7 rings (SSSR count). The van der Waals surface area contributed by atoms with Crippen LogP contribution in [0.2, 0.25) is 0 Å². The molecule has 7 aromatic rings. The van der Waals surface area contributed by atoms with Crippen LogP contribution in [0.1, 0.15) is 78.6 Å². The Morgan fingerprint density at radius 2 is 0.932 bits per heavy atom. The number of pyridine rings is 1. The zero-order chi connectivity index (χ0) is 30.1. The summed E-state index contributed by atoms with van der Waals surface area (Å²) in [5.41, 5.74) is 1.19. The van der Waals surface area contributed by atoms with E-state index in [1.54, 1.807) is 0 Å². The molecule has 2 nitrogen and oxygen atoms in total. The van der Waals surface area contributed by atoms with Crippen LogP contribution >= 0.6 is 0 Å². The van der Waals surface area contributed by atoms with Crippen molar-refractivity contribution >= 4 is 70.6 Å². The third-order valence-electron chi connectivity index (χ3n) is 9.95. The molecule has 0 spiro atoms. The smallest absolute Gasteiger partial charge is 0.127 e. The van der Waals surface area contributed by atoms with Crippen LogP contribution in [0, 0.1) is 0 Å². The van der Waals surface area contributed by atoms with Crippen molar-refractivity contribution in [3.05, 3.63) is 97.1 Å². The number of anilines is 1. The first-order valence-electron chi connectivity index (χ1n) is 16.9. The van der Waals surface area contributed by atoms with Crippen LogP contribution in [0.5, 0.6) is 0 Å². The van der Waals surface area contributed by atoms with E-state index in [0.717, 1.165) is 11.3 Å². The predicted octanol–water partition coefficient (Wildman–Crippen LogP) is 12.7. The van der Waals surface area contributed by atoms with Crippen LogP contribution < -0.4 is 5.32 Å². The number of rotatable bonds is 11. The average Bonchev–Trinajstić information content (AvgIpc) is 3.08. The average molecular weight is 577 g/mol. The molecule has 2 heteroatoms. The van der Waals surface area contributed by atoms with Gasteiger partial charge in [0, 0.05) is 21.7 Å². The topological polar surface area (TPSA) is 24.9 Å². The number of aromatic nitrogens is 1. The predicted molar refractivity (Wildman–Crippen MR) is 194 cm³/mol. The lowest BCUT2D eigenvalue weighted by Gasteiger charge is -2.36. The highest BCUT2D eigenvalue weighted by molar-refractivity contribution is 6.37.